The first-order chi connectivity index (χ1) is 10.1. The lowest BCUT2D eigenvalue weighted by molar-refractivity contribution is 0.185. The van der Waals surface area contributed by atoms with E-state index < -0.39 is 0 Å². The van der Waals surface area contributed by atoms with Crippen LogP contribution in [-0.4, -0.2) is 16.9 Å². The van der Waals surface area contributed by atoms with Gasteiger partial charge in [0, 0.05) is 29.9 Å². The first-order valence-electron chi connectivity index (χ1n) is 6.78. The smallest absolute Gasteiger partial charge is 0.0868 e. The zero-order chi connectivity index (χ0) is 15.4. The Morgan fingerprint density at radius 3 is 2.81 bits per heavy atom. The van der Waals surface area contributed by atoms with Crippen LogP contribution in [0.1, 0.15) is 23.9 Å². The Hall–Kier alpha value is -1.04. The number of aryl methyl sites for hydroxylation is 2. The second-order valence-electron chi connectivity index (χ2n) is 4.74. The quantitative estimate of drug-likeness (QED) is 0.827. The Morgan fingerprint density at radius 1 is 1.43 bits per heavy atom. The fourth-order valence-electron chi connectivity index (χ4n) is 2.21. The summed E-state index contributed by atoms with van der Waals surface area (Å²) in [6.45, 7) is 3.22. The van der Waals surface area contributed by atoms with Gasteiger partial charge in [0.25, 0.3) is 0 Å². The summed E-state index contributed by atoms with van der Waals surface area (Å²) >= 11 is 9.93. The SMILES string of the molecule is CCc1nn(C)c(CNc2cccc(Br)c2COC)c1Cl. The number of rotatable bonds is 6. The van der Waals surface area contributed by atoms with Gasteiger partial charge in [0.2, 0.25) is 0 Å². The molecule has 0 amide bonds. The molecule has 0 saturated carbocycles. The minimum Gasteiger partial charge on any atom is -0.380 e. The Bertz CT molecular complexity index is 628. The standard InChI is InChI=1S/C15H19BrClN3O/c1-4-12-15(17)14(20(2)19-12)8-18-13-7-5-6-11(16)10(13)9-21-3/h5-7,18H,4,8-9H2,1-3H3. The van der Waals surface area contributed by atoms with Gasteiger partial charge in [-0.05, 0) is 18.6 Å². The molecule has 1 N–H and O–H groups in total. The molecular formula is C15H19BrClN3O. The maximum Gasteiger partial charge on any atom is 0.0868 e. The summed E-state index contributed by atoms with van der Waals surface area (Å²) in [6, 6.07) is 6.03. The Balaban J connectivity index is 2.21. The predicted molar refractivity (Wildman–Crippen MR) is 89.8 cm³/mol. The summed E-state index contributed by atoms with van der Waals surface area (Å²) in [4.78, 5) is 0. The third kappa shape index (κ3) is 3.59. The topological polar surface area (TPSA) is 39.1 Å². The molecule has 0 bridgehead atoms. The van der Waals surface area contributed by atoms with E-state index in [0.717, 1.165) is 38.6 Å². The van der Waals surface area contributed by atoms with Gasteiger partial charge in [-0.25, -0.2) is 0 Å². The summed E-state index contributed by atoms with van der Waals surface area (Å²) in [5.74, 6) is 0. The van der Waals surface area contributed by atoms with Gasteiger partial charge in [-0.2, -0.15) is 5.10 Å². The molecule has 2 rings (SSSR count). The molecule has 1 aromatic heterocycles. The van der Waals surface area contributed by atoms with Crippen LogP contribution in [0.3, 0.4) is 0 Å². The second kappa shape index (κ2) is 7.29. The highest BCUT2D eigenvalue weighted by molar-refractivity contribution is 9.10. The minimum atomic E-state index is 0.545. The Morgan fingerprint density at radius 2 is 2.19 bits per heavy atom. The number of nitrogens with zero attached hydrogens (tertiary/aromatic N) is 2. The molecule has 0 fully saturated rings. The minimum absolute atomic E-state index is 0.545. The van der Waals surface area contributed by atoms with Crippen LogP contribution in [0.2, 0.25) is 5.02 Å². The molecule has 0 aliphatic rings. The van der Waals surface area contributed by atoms with Crippen molar-refractivity contribution < 1.29 is 4.74 Å². The van der Waals surface area contributed by atoms with Crippen LogP contribution in [0.15, 0.2) is 22.7 Å². The van der Waals surface area contributed by atoms with Crippen LogP contribution in [0.25, 0.3) is 0 Å². The average molecular weight is 373 g/mol. The zero-order valence-electron chi connectivity index (χ0n) is 12.4. The van der Waals surface area contributed by atoms with E-state index in [1.54, 1.807) is 7.11 Å². The van der Waals surface area contributed by atoms with Crippen molar-refractivity contribution in [2.75, 3.05) is 12.4 Å². The van der Waals surface area contributed by atoms with Gasteiger partial charge in [-0.1, -0.05) is 40.5 Å². The van der Waals surface area contributed by atoms with Gasteiger partial charge >= 0.3 is 0 Å². The summed E-state index contributed by atoms with van der Waals surface area (Å²) in [5, 5.41) is 8.59. The highest BCUT2D eigenvalue weighted by atomic mass is 79.9. The van der Waals surface area contributed by atoms with Gasteiger partial charge < -0.3 is 10.1 Å². The highest BCUT2D eigenvalue weighted by Gasteiger charge is 2.13. The van der Waals surface area contributed by atoms with Crippen LogP contribution >= 0.6 is 27.5 Å². The monoisotopic (exact) mass is 371 g/mol. The molecule has 1 aromatic carbocycles. The first kappa shape index (κ1) is 16.3. The van der Waals surface area contributed by atoms with Gasteiger partial charge in [-0.15, -0.1) is 0 Å². The molecule has 0 atom stereocenters. The van der Waals surface area contributed by atoms with Crippen molar-refractivity contribution >= 4 is 33.2 Å². The van der Waals surface area contributed by atoms with Crippen molar-refractivity contribution in [2.45, 2.75) is 26.5 Å². The van der Waals surface area contributed by atoms with E-state index in [2.05, 4.69) is 33.3 Å². The summed E-state index contributed by atoms with van der Waals surface area (Å²) < 4.78 is 8.12. The lowest BCUT2D eigenvalue weighted by atomic mass is 10.2. The van der Waals surface area contributed by atoms with Crippen molar-refractivity contribution in [1.29, 1.82) is 0 Å². The van der Waals surface area contributed by atoms with Gasteiger partial charge in [0.15, 0.2) is 0 Å². The summed E-state index contributed by atoms with van der Waals surface area (Å²) in [6.07, 6.45) is 0.832. The lowest BCUT2D eigenvalue weighted by Crippen LogP contribution is -2.08. The Labute approximate surface area is 138 Å². The molecule has 4 nitrogen and oxygen atoms in total. The maximum atomic E-state index is 6.37. The molecule has 6 heteroatoms. The van der Waals surface area contributed by atoms with Crippen LogP contribution < -0.4 is 5.32 Å². The van der Waals surface area contributed by atoms with E-state index >= 15 is 0 Å². The van der Waals surface area contributed by atoms with Crippen molar-refractivity contribution in [3.05, 3.63) is 44.6 Å². The largest absolute Gasteiger partial charge is 0.380 e. The number of anilines is 1. The normalized spacial score (nSPS) is 10.9. The highest BCUT2D eigenvalue weighted by Crippen LogP contribution is 2.27. The van der Waals surface area contributed by atoms with E-state index in [4.69, 9.17) is 16.3 Å². The van der Waals surface area contributed by atoms with Gasteiger partial charge in [0.05, 0.1) is 29.6 Å². The van der Waals surface area contributed by atoms with E-state index in [1.807, 2.05) is 29.9 Å². The zero-order valence-corrected chi connectivity index (χ0v) is 14.8. The van der Waals surface area contributed by atoms with Crippen molar-refractivity contribution in [2.24, 2.45) is 7.05 Å². The lowest BCUT2D eigenvalue weighted by Gasteiger charge is -2.13. The number of hydrogen-bond donors (Lipinski definition) is 1. The van der Waals surface area contributed by atoms with Crippen molar-refractivity contribution in [1.82, 2.24) is 9.78 Å². The molecule has 21 heavy (non-hydrogen) atoms. The number of ether oxygens (including phenoxy) is 1. The maximum absolute atomic E-state index is 6.37. The van der Waals surface area contributed by atoms with Crippen LogP contribution in [0.4, 0.5) is 5.69 Å². The van der Waals surface area contributed by atoms with Crippen molar-refractivity contribution in [3.8, 4) is 0 Å². The third-order valence-corrected chi connectivity index (χ3v) is 4.54. The van der Waals surface area contributed by atoms with E-state index in [1.165, 1.54) is 0 Å². The molecule has 2 aromatic rings. The molecule has 0 unspecified atom stereocenters. The number of benzene rings is 1. The molecule has 0 saturated heterocycles. The van der Waals surface area contributed by atoms with E-state index in [-0.39, 0.29) is 0 Å². The molecule has 0 aliphatic carbocycles. The van der Waals surface area contributed by atoms with Gasteiger partial charge in [-0.3, -0.25) is 4.68 Å². The molecule has 0 spiro atoms. The fraction of sp³-hybridized carbons (Fsp3) is 0.400. The molecular weight excluding hydrogens is 354 g/mol. The molecule has 1 heterocycles. The van der Waals surface area contributed by atoms with Crippen molar-refractivity contribution in [3.63, 3.8) is 0 Å². The first-order valence-corrected chi connectivity index (χ1v) is 7.96. The molecule has 0 aliphatic heterocycles. The summed E-state index contributed by atoms with van der Waals surface area (Å²) in [7, 11) is 3.60. The van der Waals surface area contributed by atoms with E-state index in [9.17, 15) is 0 Å². The number of methoxy groups -OCH3 is 1. The molecule has 114 valence electrons. The number of nitrogens with one attached hydrogen (secondary N) is 1. The van der Waals surface area contributed by atoms with Crippen LogP contribution in [0.5, 0.6) is 0 Å². The van der Waals surface area contributed by atoms with Crippen LogP contribution in [-0.2, 0) is 31.4 Å². The Kier molecular flexibility index (Phi) is 5.67. The van der Waals surface area contributed by atoms with E-state index in [0.29, 0.717) is 13.2 Å². The predicted octanol–water partition coefficient (Wildman–Crippen LogP) is 4.16. The fourth-order valence-corrected chi connectivity index (χ4v) is 3.05. The number of aromatic nitrogens is 2. The molecule has 0 radical (unpaired) electrons. The van der Waals surface area contributed by atoms with Gasteiger partial charge in [0.1, 0.15) is 0 Å². The van der Waals surface area contributed by atoms with Crippen LogP contribution in [0, 0.1) is 0 Å². The third-order valence-electron chi connectivity index (χ3n) is 3.36. The second-order valence-corrected chi connectivity index (χ2v) is 5.97. The number of hydrogen-bond acceptors (Lipinski definition) is 3. The summed E-state index contributed by atoms with van der Waals surface area (Å²) in [5.41, 5.74) is 4.04. The number of halogens is 2. The average Bonchev–Trinajstić information content (AvgIpc) is 2.74.